The first kappa shape index (κ1) is 52.7. The minimum absolute atomic E-state index is 0.0558. The number of likely N-dealkylation sites (N-methyl/N-ethyl adjacent to an activating group) is 1. The Hall–Kier alpha value is -2.33. The summed E-state index contributed by atoms with van der Waals surface area (Å²) in [4.78, 5) is 37.4. The lowest BCUT2D eigenvalue weighted by Crippen LogP contribution is -2.37. The van der Waals surface area contributed by atoms with E-state index in [0.29, 0.717) is 36.7 Å². The van der Waals surface area contributed by atoms with Gasteiger partial charge in [0, 0.05) is 12.8 Å². The summed E-state index contributed by atoms with van der Waals surface area (Å²) < 4.78 is 33.7. The molecule has 10 nitrogen and oxygen atoms in total. The fourth-order valence-electron chi connectivity index (χ4n) is 5.19. The molecule has 0 aromatic heterocycles. The predicted octanol–water partition coefficient (Wildman–Crippen LogP) is 10.0. The van der Waals surface area contributed by atoms with Crippen LogP contribution < -0.4 is 4.89 Å². The minimum atomic E-state index is -4.66. The van der Waals surface area contributed by atoms with Crippen LogP contribution >= 0.6 is 7.82 Å². The average molecular weight is 796 g/mol. The number of phosphoric ester groups is 1. The van der Waals surface area contributed by atoms with Crippen molar-refractivity contribution in [3.8, 4) is 0 Å². The molecule has 0 radical (unpaired) electrons. The van der Waals surface area contributed by atoms with Crippen molar-refractivity contribution in [3.05, 3.63) is 60.8 Å². The second kappa shape index (κ2) is 36.0. The second-order valence-electron chi connectivity index (χ2n) is 15.2. The number of ether oxygens (including phenoxy) is 2. The SMILES string of the molecule is CCCCC/C=C\CC(O)/C=C/C=C\C/C=C\CCCC(=O)OC(COC(=O)CCCCCCC/C=C\CCCCCC)COP(=O)([O-])OCC[N+](C)(C)C. The summed E-state index contributed by atoms with van der Waals surface area (Å²) in [5.74, 6) is -0.955. The number of aliphatic hydroxyl groups excluding tert-OH is 1. The molecule has 0 heterocycles. The third kappa shape index (κ3) is 39.7. The maximum absolute atomic E-state index is 12.6. The molecule has 0 spiro atoms. The molecule has 0 amide bonds. The smallest absolute Gasteiger partial charge is 0.306 e. The van der Waals surface area contributed by atoms with Gasteiger partial charge >= 0.3 is 11.9 Å². The first-order valence-electron chi connectivity index (χ1n) is 21.1. The van der Waals surface area contributed by atoms with Crippen molar-refractivity contribution in [1.82, 2.24) is 0 Å². The van der Waals surface area contributed by atoms with Crippen LogP contribution in [0.2, 0.25) is 0 Å². The van der Waals surface area contributed by atoms with E-state index in [2.05, 4.69) is 32.1 Å². The Balaban J connectivity index is 4.58. The van der Waals surface area contributed by atoms with E-state index in [9.17, 15) is 24.2 Å². The van der Waals surface area contributed by atoms with Gasteiger partial charge in [-0.15, -0.1) is 0 Å². The van der Waals surface area contributed by atoms with E-state index >= 15 is 0 Å². The number of phosphoric acid groups is 1. The van der Waals surface area contributed by atoms with Crippen molar-refractivity contribution in [1.29, 1.82) is 0 Å². The summed E-state index contributed by atoms with van der Waals surface area (Å²) in [5, 5.41) is 10.0. The van der Waals surface area contributed by atoms with Crippen molar-refractivity contribution < 1.29 is 47.2 Å². The summed E-state index contributed by atoms with van der Waals surface area (Å²) in [6, 6.07) is 0. The average Bonchev–Trinajstić information content (AvgIpc) is 3.13. The molecule has 318 valence electrons. The van der Waals surface area contributed by atoms with E-state index in [1.54, 1.807) is 6.08 Å². The van der Waals surface area contributed by atoms with Crippen molar-refractivity contribution in [3.63, 3.8) is 0 Å². The van der Waals surface area contributed by atoms with Gasteiger partial charge in [0.25, 0.3) is 7.82 Å². The fourth-order valence-corrected chi connectivity index (χ4v) is 5.92. The van der Waals surface area contributed by atoms with Crippen molar-refractivity contribution in [2.24, 2.45) is 0 Å². The normalized spacial score (nSPS) is 14.8. The van der Waals surface area contributed by atoms with Gasteiger partial charge in [0.05, 0.1) is 33.9 Å². The molecule has 0 saturated carbocycles. The Kier molecular flexibility index (Phi) is 34.5. The van der Waals surface area contributed by atoms with Gasteiger partial charge in [0.1, 0.15) is 19.8 Å². The van der Waals surface area contributed by atoms with Crippen molar-refractivity contribution in [2.45, 2.75) is 161 Å². The molecule has 0 rings (SSSR count). The molecular weight excluding hydrogens is 717 g/mol. The third-order valence-corrected chi connectivity index (χ3v) is 9.55. The van der Waals surface area contributed by atoms with Crippen LogP contribution in [-0.2, 0) is 32.7 Å². The maximum Gasteiger partial charge on any atom is 0.306 e. The lowest BCUT2D eigenvalue weighted by molar-refractivity contribution is -0.870. The summed E-state index contributed by atoms with van der Waals surface area (Å²) in [6.45, 7) is 3.99. The van der Waals surface area contributed by atoms with Crippen LogP contribution in [0.4, 0.5) is 0 Å². The molecule has 3 unspecified atom stereocenters. The number of esters is 2. The van der Waals surface area contributed by atoms with Gasteiger partial charge < -0.3 is 33.0 Å². The molecule has 0 aliphatic heterocycles. The van der Waals surface area contributed by atoms with Crippen LogP contribution in [0.15, 0.2) is 60.8 Å². The number of rotatable bonds is 37. The quantitative estimate of drug-likeness (QED) is 0.0163. The summed E-state index contributed by atoms with van der Waals surface area (Å²) in [6.07, 6.45) is 38.5. The van der Waals surface area contributed by atoms with Crippen LogP contribution in [0.25, 0.3) is 0 Å². The number of carbonyl (C=O) groups excluding carboxylic acids is 2. The topological polar surface area (TPSA) is 131 Å². The van der Waals surface area contributed by atoms with Crippen LogP contribution in [0, 0.1) is 0 Å². The predicted molar refractivity (Wildman–Crippen MR) is 223 cm³/mol. The van der Waals surface area contributed by atoms with Crippen LogP contribution in [-0.4, -0.2) is 81.2 Å². The molecule has 0 aromatic carbocycles. The number of quaternary nitrogens is 1. The van der Waals surface area contributed by atoms with E-state index in [-0.39, 0.29) is 26.1 Å². The number of unbranched alkanes of at least 4 members (excludes halogenated alkanes) is 13. The first-order chi connectivity index (χ1) is 26.4. The summed E-state index contributed by atoms with van der Waals surface area (Å²) in [5.41, 5.74) is 0. The number of hydrogen-bond donors (Lipinski definition) is 1. The molecule has 11 heteroatoms. The van der Waals surface area contributed by atoms with E-state index in [0.717, 1.165) is 51.4 Å². The van der Waals surface area contributed by atoms with E-state index in [4.69, 9.17) is 18.5 Å². The van der Waals surface area contributed by atoms with Gasteiger partial charge in [0.15, 0.2) is 6.10 Å². The number of allylic oxidation sites excluding steroid dienone is 8. The molecule has 55 heavy (non-hydrogen) atoms. The number of nitrogens with zero attached hydrogens (tertiary/aromatic N) is 1. The van der Waals surface area contributed by atoms with Gasteiger partial charge in [-0.3, -0.25) is 14.2 Å². The Morgan fingerprint density at radius 1 is 0.673 bits per heavy atom. The van der Waals surface area contributed by atoms with Crippen LogP contribution in [0.5, 0.6) is 0 Å². The minimum Gasteiger partial charge on any atom is -0.756 e. The highest BCUT2D eigenvalue weighted by Crippen LogP contribution is 2.38. The maximum atomic E-state index is 12.6. The zero-order valence-corrected chi connectivity index (χ0v) is 36.1. The van der Waals surface area contributed by atoms with E-state index in [1.165, 1.54) is 44.9 Å². The molecule has 0 fully saturated rings. The van der Waals surface area contributed by atoms with Gasteiger partial charge in [0.2, 0.25) is 0 Å². The van der Waals surface area contributed by atoms with Crippen LogP contribution in [0.3, 0.4) is 0 Å². The van der Waals surface area contributed by atoms with Gasteiger partial charge in [-0.1, -0.05) is 126 Å². The number of aliphatic hydroxyl groups is 1. The van der Waals surface area contributed by atoms with Gasteiger partial charge in [-0.25, -0.2) is 0 Å². The largest absolute Gasteiger partial charge is 0.756 e. The molecule has 1 N–H and O–H groups in total. The molecule has 0 aliphatic carbocycles. The van der Waals surface area contributed by atoms with Gasteiger partial charge in [-0.05, 0) is 70.6 Å². The zero-order chi connectivity index (χ0) is 40.9. The molecule has 3 atom stereocenters. The lowest BCUT2D eigenvalue weighted by atomic mass is 10.1. The highest BCUT2D eigenvalue weighted by atomic mass is 31.2. The Labute approximate surface area is 335 Å². The zero-order valence-electron chi connectivity index (χ0n) is 35.2. The van der Waals surface area contributed by atoms with Crippen molar-refractivity contribution in [2.75, 3.05) is 47.5 Å². The molecule has 0 aliphatic rings. The number of hydrogen-bond acceptors (Lipinski definition) is 9. The lowest BCUT2D eigenvalue weighted by Gasteiger charge is -2.28. The molecular formula is C44H78NO9P. The summed E-state index contributed by atoms with van der Waals surface area (Å²) >= 11 is 0. The molecule has 0 bridgehead atoms. The first-order valence-corrected chi connectivity index (χ1v) is 22.6. The van der Waals surface area contributed by atoms with Crippen molar-refractivity contribution >= 4 is 19.8 Å². The number of carbonyl (C=O) groups is 2. The Morgan fingerprint density at radius 3 is 1.93 bits per heavy atom. The van der Waals surface area contributed by atoms with E-state index < -0.39 is 38.6 Å². The third-order valence-electron chi connectivity index (χ3n) is 8.59. The molecule has 0 saturated heterocycles. The molecule has 0 aromatic rings. The standard InChI is InChI=1S/C44H78NO9P/c1-6-8-10-12-14-15-16-17-18-19-23-27-31-35-43(47)51-39-42(40-53-55(49,50)52-38-37-45(3,4)5)54-44(48)36-32-28-24-21-20-22-26-30-34-41(46)33-29-25-13-11-9-7-2/h15-16,21-22,24-26,29-30,34,41-42,46H,6-14,17-20,23,27-28,31-33,35-40H2,1-5H3/b16-15-,24-21-,26-22-,29-25-,34-30+. The Morgan fingerprint density at radius 2 is 1.24 bits per heavy atom. The van der Waals surface area contributed by atoms with E-state index in [1.807, 2.05) is 57.6 Å². The highest BCUT2D eigenvalue weighted by Gasteiger charge is 2.21. The van der Waals surface area contributed by atoms with Gasteiger partial charge in [-0.2, -0.15) is 0 Å². The fraction of sp³-hybridized carbons (Fsp3) is 0.727. The monoisotopic (exact) mass is 796 g/mol. The van der Waals surface area contributed by atoms with Crippen LogP contribution in [0.1, 0.15) is 149 Å². The second-order valence-corrected chi connectivity index (χ2v) is 16.6. The summed E-state index contributed by atoms with van der Waals surface area (Å²) in [7, 11) is 1.08. The highest BCUT2D eigenvalue weighted by molar-refractivity contribution is 7.45. The Bertz CT molecular complexity index is 1140.